The van der Waals surface area contributed by atoms with Crippen LogP contribution in [0.2, 0.25) is 0 Å². The van der Waals surface area contributed by atoms with E-state index < -0.39 is 30.2 Å². The summed E-state index contributed by atoms with van der Waals surface area (Å²) in [5.41, 5.74) is 0. The summed E-state index contributed by atoms with van der Waals surface area (Å²) in [6.07, 6.45) is 1.04. The molecule has 0 spiro atoms. The smallest absolute Gasteiger partial charge is 0.195 e. The van der Waals surface area contributed by atoms with Gasteiger partial charge < -0.3 is 4.79 Å². The minimum absolute atomic E-state index is 0.0664. The van der Waals surface area contributed by atoms with E-state index in [1.54, 1.807) is 36.4 Å². The molecule has 2 rings (SSSR count). The van der Waals surface area contributed by atoms with Gasteiger partial charge in [0.05, 0.1) is 9.79 Å². The second kappa shape index (κ2) is 8.80. The number of carbonyl (C=O) groups is 1. The summed E-state index contributed by atoms with van der Waals surface area (Å²) >= 11 is 0. The molecule has 0 aliphatic rings. The highest BCUT2D eigenvalue weighted by molar-refractivity contribution is 8.09. The van der Waals surface area contributed by atoms with Crippen LogP contribution < -0.4 is 0 Å². The Balaban J connectivity index is 2.61. The largest absolute Gasteiger partial charge is 0.303 e. The second-order valence-electron chi connectivity index (χ2n) is 6.57. The predicted octanol–water partition coefficient (Wildman–Crippen LogP) is 3.51. The zero-order valence-corrected chi connectivity index (χ0v) is 17.0. The molecule has 2 atom stereocenters. The number of sulfone groups is 2. The van der Waals surface area contributed by atoms with Crippen LogP contribution in [-0.2, 0) is 24.5 Å². The molecular formula is C20H24O5S2. The van der Waals surface area contributed by atoms with Crippen molar-refractivity contribution in [2.45, 2.75) is 41.1 Å². The average molecular weight is 409 g/mol. The van der Waals surface area contributed by atoms with Gasteiger partial charge in [-0.2, -0.15) is 0 Å². The van der Waals surface area contributed by atoms with E-state index in [1.165, 1.54) is 24.3 Å². The van der Waals surface area contributed by atoms with Gasteiger partial charge in [0.2, 0.25) is 0 Å². The van der Waals surface area contributed by atoms with Crippen molar-refractivity contribution in [2.75, 3.05) is 0 Å². The van der Waals surface area contributed by atoms with Gasteiger partial charge in [-0.25, -0.2) is 16.8 Å². The number of carbonyl (C=O) groups excluding carboxylic acids is 1. The summed E-state index contributed by atoms with van der Waals surface area (Å²) in [7, 11) is -8.40. The van der Waals surface area contributed by atoms with E-state index in [9.17, 15) is 21.6 Å². The Morgan fingerprint density at radius 2 is 1.22 bits per heavy atom. The molecule has 0 saturated carbocycles. The van der Waals surface area contributed by atoms with Crippen molar-refractivity contribution in [1.29, 1.82) is 0 Å². The highest BCUT2D eigenvalue weighted by atomic mass is 32.3. The third kappa shape index (κ3) is 4.65. The fourth-order valence-electron chi connectivity index (χ4n) is 2.89. The topological polar surface area (TPSA) is 85.3 Å². The molecule has 0 aromatic heterocycles. The zero-order chi connectivity index (χ0) is 20.1. The van der Waals surface area contributed by atoms with Crippen molar-refractivity contribution in [1.82, 2.24) is 0 Å². The Kier molecular flexibility index (Phi) is 6.95. The Morgan fingerprint density at radius 1 is 0.815 bits per heavy atom. The lowest BCUT2D eigenvalue weighted by Crippen LogP contribution is -2.34. The molecule has 0 saturated heterocycles. The predicted molar refractivity (Wildman–Crippen MR) is 105 cm³/mol. The molecule has 0 N–H and O–H groups in total. The van der Waals surface area contributed by atoms with Crippen LogP contribution in [0.3, 0.4) is 0 Å². The third-order valence-electron chi connectivity index (χ3n) is 4.85. The van der Waals surface area contributed by atoms with Crippen LogP contribution >= 0.6 is 0 Å². The van der Waals surface area contributed by atoms with Crippen LogP contribution in [0.15, 0.2) is 70.5 Å². The Bertz CT molecular complexity index is 882. The van der Waals surface area contributed by atoms with Crippen molar-refractivity contribution in [3.63, 3.8) is 0 Å². The van der Waals surface area contributed by atoms with Gasteiger partial charge in [0.1, 0.15) is 6.29 Å². The Morgan fingerprint density at radius 3 is 1.56 bits per heavy atom. The molecule has 0 aliphatic heterocycles. The maximum absolute atomic E-state index is 13.2. The zero-order valence-electron chi connectivity index (χ0n) is 15.4. The van der Waals surface area contributed by atoms with Crippen LogP contribution in [0.25, 0.3) is 0 Å². The molecule has 0 amide bonds. The Labute approximate surface area is 161 Å². The van der Waals surface area contributed by atoms with Gasteiger partial charge in [-0.05, 0) is 36.6 Å². The van der Waals surface area contributed by atoms with Crippen LogP contribution in [0.5, 0.6) is 0 Å². The van der Waals surface area contributed by atoms with E-state index in [2.05, 4.69) is 0 Å². The van der Waals surface area contributed by atoms with Crippen molar-refractivity contribution in [2.24, 2.45) is 11.8 Å². The number of aldehydes is 1. The van der Waals surface area contributed by atoms with E-state index in [4.69, 9.17) is 0 Å². The van der Waals surface area contributed by atoms with Gasteiger partial charge in [-0.1, -0.05) is 56.7 Å². The first-order chi connectivity index (χ1) is 12.7. The van der Waals surface area contributed by atoms with Crippen LogP contribution in [-0.4, -0.2) is 27.7 Å². The molecule has 2 aromatic rings. The SMILES string of the molecule is CC[C@H](C)[C@@H](C=O)CC(S(=O)(=O)c1ccccc1)S(=O)(=O)c1ccccc1. The van der Waals surface area contributed by atoms with Gasteiger partial charge in [-0.15, -0.1) is 0 Å². The molecule has 5 nitrogen and oxygen atoms in total. The van der Waals surface area contributed by atoms with Crippen molar-refractivity contribution >= 4 is 26.0 Å². The average Bonchev–Trinajstić information content (AvgIpc) is 2.69. The van der Waals surface area contributed by atoms with Crippen LogP contribution in [0.1, 0.15) is 26.7 Å². The lowest BCUT2D eigenvalue weighted by atomic mass is 9.91. The number of hydrogen-bond donors (Lipinski definition) is 0. The standard InChI is InChI=1S/C20H24O5S2/c1-3-16(2)17(15-21)14-20(26(22,23)18-10-6-4-7-11-18)27(24,25)19-12-8-5-9-13-19/h4-13,15-17,20H,3,14H2,1-2H3/t16-,17+/m0/s1. The van der Waals surface area contributed by atoms with Crippen molar-refractivity contribution in [3.05, 3.63) is 60.7 Å². The summed E-state index contributed by atoms with van der Waals surface area (Å²) in [6, 6.07) is 15.0. The van der Waals surface area contributed by atoms with E-state index >= 15 is 0 Å². The number of benzene rings is 2. The summed E-state index contributed by atoms with van der Waals surface area (Å²) in [6.45, 7) is 3.70. The van der Waals surface area contributed by atoms with Gasteiger partial charge in [0.15, 0.2) is 24.3 Å². The number of rotatable bonds is 9. The first kappa shape index (κ1) is 21.3. The maximum atomic E-state index is 13.2. The summed E-state index contributed by atoms with van der Waals surface area (Å²) in [4.78, 5) is 11.4. The van der Waals surface area contributed by atoms with Crippen LogP contribution in [0, 0.1) is 11.8 Å². The van der Waals surface area contributed by atoms with Crippen LogP contribution in [0.4, 0.5) is 0 Å². The highest BCUT2D eigenvalue weighted by Crippen LogP contribution is 2.32. The molecule has 7 heteroatoms. The van der Waals surface area contributed by atoms with E-state index in [-0.39, 0.29) is 22.1 Å². The normalized spacial score (nSPS) is 14.6. The minimum Gasteiger partial charge on any atom is -0.303 e. The summed E-state index contributed by atoms with van der Waals surface area (Å²) < 4.78 is 51.2. The number of hydrogen-bond acceptors (Lipinski definition) is 5. The van der Waals surface area contributed by atoms with E-state index in [1.807, 2.05) is 13.8 Å². The molecule has 0 heterocycles. The van der Waals surface area contributed by atoms with Gasteiger partial charge in [-0.3, -0.25) is 0 Å². The monoisotopic (exact) mass is 408 g/mol. The molecule has 0 radical (unpaired) electrons. The first-order valence-electron chi connectivity index (χ1n) is 8.78. The summed E-state index contributed by atoms with van der Waals surface area (Å²) in [5.74, 6) is -0.793. The molecule has 0 aliphatic carbocycles. The minimum atomic E-state index is -4.20. The molecule has 2 aromatic carbocycles. The fraction of sp³-hybridized carbons (Fsp3) is 0.350. The molecule has 0 unspecified atom stereocenters. The summed E-state index contributed by atoms with van der Waals surface area (Å²) in [5, 5.41) is 0. The second-order valence-corrected chi connectivity index (χ2v) is 11.1. The highest BCUT2D eigenvalue weighted by Gasteiger charge is 2.41. The van der Waals surface area contributed by atoms with Crippen molar-refractivity contribution < 1.29 is 21.6 Å². The molecule has 27 heavy (non-hydrogen) atoms. The molecular weight excluding hydrogens is 384 g/mol. The quantitative estimate of drug-likeness (QED) is 0.593. The lowest BCUT2D eigenvalue weighted by Gasteiger charge is -2.24. The molecule has 0 bridgehead atoms. The molecule has 0 fully saturated rings. The maximum Gasteiger partial charge on any atom is 0.195 e. The van der Waals surface area contributed by atoms with Gasteiger partial charge >= 0.3 is 0 Å². The third-order valence-corrected chi connectivity index (χ3v) is 10.00. The van der Waals surface area contributed by atoms with Crippen molar-refractivity contribution in [3.8, 4) is 0 Å². The first-order valence-corrected chi connectivity index (χ1v) is 11.9. The lowest BCUT2D eigenvalue weighted by molar-refractivity contribution is -0.112. The van der Waals surface area contributed by atoms with E-state index in [0.29, 0.717) is 12.7 Å². The van der Waals surface area contributed by atoms with E-state index in [0.717, 1.165) is 0 Å². The molecule has 146 valence electrons. The fourth-order valence-corrected chi connectivity index (χ4v) is 7.52. The van der Waals surface area contributed by atoms with Gasteiger partial charge in [0, 0.05) is 5.92 Å². The Hall–Kier alpha value is -1.99. The van der Waals surface area contributed by atoms with Gasteiger partial charge in [0.25, 0.3) is 0 Å².